The largest absolute Gasteiger partial charge is 0.507 e. The summed E-state index contributed by atoms with van der Waals surface area (Å²) in [6.45, 7) is 8.43. The van der Waals surface area contributed by atoms with Gasteiger partial charge in [0.2, 0.25) is 0 Å². The van der Waals surface area contributed by atoms with Crippen molar-refractivity contribution in [1.82, 2.24) is 4.90 Å². The monoisotopic (exact) mass is 391 g/mol. The summed E-state index contributed by atoms with van der Waals surface area (Å²) in [4.78, 5) is 27.5. The summed E-state index contributed by atoms with van der Waals surface area (Å²) >= 11 is 0. The van der Waals surface area contributed by atoms with Gasteiger partial charge in [-0.05, 0) is 44.4 Å². The number of hydrogen-bond donors (Lipinski definition) is 1. The lowest BCUT2D eigenvalue weighted by molar-refractivity contribution is -0.139. The van der Waals surface area contributed by atoms with Crippen LogP contribution in [0.25, 0.3) is 5.76 Å². The Bertz CT molecular complexity index is 974. The van der Waals surface area contributed by atoms with Crippen molar-refractivity contribution in [3.8, 4) is 0 Å². The average molecular weight is 392 g/mol. The van der Waals surface area contributed by atoms with Gasteiger partial charge in [-0.25, -0.2) is 0 Å². The normalized spacial score (nSPS) is 18.5. The number of aryl methyl sites for hydroxylation is 3. The molecule has 1 unspecified atom stereocenters. The van der Waals surface area contributed by atoms with Gasteiger partial charge in [0.25, 0.3) is 11.7 Å². The molecule has 0 aromatic heterocycles. The summed E-state index contributed by atoms with van der Waals surface area (Å²) in [5.74, 6) is -1.22. The van der Waals surface area contributed by atoms with Crippen molar-refractivity contribution >= 4 is 17.4 Å². The predicted octanol–water partition coefficient (Wildman–Crippen LogP) is 5.22. The quantitative estimate of drug-likeness (QED) is 0.318. The van der Waals surface area contributed by atoms with E-state index >= 15 is 0 Å². The second kappa shape index (κ2) is 8.64. The Kier molecular flexibility index (Phi) is 6.21. The Hall–Kier alpha value is -2.88. The molecule has 1 saturated heterocycles. The average Bonchev–Trinajstić information content (AvgIpc) is 2.94. The van der Waals surface area contributed by atoms with E-state index in [2.05, 4.69) is 6.92 Å². The molecule has 1 amide bonds. The summed E-state index contributed by atoms with van der Waals surface area (Å²) in [7, 11) is 0. The van der Waals surface area contributed by atoms with Crippen LogP contribution >= 0.6 is 0 Å². The highest BCUT2D eigenvalue weighted by Crippen LogP contribution is 2.40. The highest BCUT2D eigenvalue weighted by atomic mass is 16.3. The Morgan fingerprint density at radius 2 is 1.72 bits per heavy atom. The number of aliphatic hydroxyl groups excluding tert-OH is 1. The van der Waals surface area contributed by atoms with Crippen molar-refractivity contribution in [3.05, 3.63) is 75.9 Å². The van der Waals surface area contributed by atoms with E-state index in [1.54, 1.807) is 4.90 Å². The van der Waals surface area contributed by atoms with Crippen molar-refractivity contribution in [2.75, 3.05) is 6.54 Å². The van der Waals surface area contributed by atoms with E-state index in [1.165, 1.54) is 0 Å². The molecule has 0 radical (unpaired) electrons. The zero-order chi connectivity index (χ0) is 21.1. The first-order valence-electron chi connectivity index (χ1n) is 10.3. The molecule has 2 aromatic carbocycles. The number of Topliss-reactive ketones (excluding diaryl/α,β-unsaturated/α-hetero) is 1. The van der Waals surface area contributed by atoms with Crippen LogP contribution < -0.4 is 0 Å². The van der Waals surface area contributed by atoms with Crippen LogP contribution in [0.15, 0.2) is 48.0 Å². The van der Waals surface area contributed by atoms with E-state index in [0.717, 1.165) is 41.5 Å². The van der Waals surface area contributed by atoms with E-state index in [0.29, 0.717) is 12.1 Å². The summed E-state index contributed by atoms with van der Waals surface area (Å²) in [6, 6.07) is 13.0. The minimum absolute atomic E-state index is 0.0888. The number of unbranched alkanes of at least 4 members (excludes halogenated alkanes) is 2. The van der Waals surface area contributed by atoms with Crippen LogP contribution in [-0.4, -0.2) is 28.2 Å². The van der Waals surface area contributed by atoms with Crippen molar-refractivity contribution < 1.29 is 14.7 Å². The van der Waals surface area contributed by atoms with Gasteiger partial charge in [-0.15, -0.1) is 0 Å². The van der Waals surface area contributed by atoms with Gasteiger partial charge in [0, 0.05) is 12.1 Å². The fourth-order valence-electron chi connectivity index (χ4n) is 3.97. The number of ketones is 1. The maximum Gasteiger partial charge on any atom is 0.295 e. The summed E-state index contributed by atoms with van der Waals surface area (Å²) < 4.78 is 0. The van der Waals surface area contributed by atoms with Crippen LogP contribution in [-0.2, 0) is 9.59 Å². The molecular weight excluding hydrogens is 362 g/mol. The van der Waals surface area contributed by atoms with Gasteiger partial charge in [0.05, 0.1) is 11.6 Å². The third-order valence-corrected chi connectivity index (χ3v) is 5.55. The molecule has 3 rings (SSSR count). The van der Waals surface area contributed by atoms with Gasteiger partial charge in [0.1, 0.15) is 5.76 Å². The molecule has 29 heavy (non-hydrogen) atoms. The number of rotatable bonds is 6. The number of carbonyl (C=O) groups is 2. The maximum atomic E-state index is 13.0. The number of aliphatic hydroxyl groups is 1. The summed E-state index contributed by atoms with van der Waals surface area (Å²) in [5.41, 5.74) is 4.55. The van der Waals surface area contributed by atoms with Crippen LogP contribution in [0.2, 0.25) is 0 Å². The predicted molar refractivity (Wildman–Crippen MR) is 116 cm³/mol. The molecule has 1 aliphatic heterocycles. The zero-order valence-electron chi connectivity index (χ0n) is 17.7. The minimum atomic E-state index is -0.605. The van der Waals surface area contributed by atoms with Crippen molar-refractivity contribution in [2.45, 2.75) is 53.0 Å². The smallest absolute Gasteiger partial charge is 0.295 e. The van der Waals surface area contributed by atoms with E-state index in [9.17, 15) is 14.7 Å². The third-order valence-electron chi connectivity index (χ3n) is 5.55. The number of amides is 1. The minimum Gasteiger partial charge on any atom is -0.507 e. The fraction of sp³-hybridized carbons (Fsp3) is 0.360. The topological polar surface area (TPSA) is 57.6 Å². The fourth-order valence-corrected chi connectivity index (χ4v) is 3.97. The molecule has 1 N–H and O–H groups in total. The van der Waals surface area contributed by atoms with Gasteiger partial charge in [-0.3, -0.25) is 9.59 Å². The lowest BCUT2D eigenvalue weighted by Gasteiger charge is -2.25. The first-order valence-corrected chi connectivity index (χ1v) is 10.3. The zero-order valence-corrected chi connectivity index (χ0v) is 17.7. The molecule has 1 heterocycles. The van der Waals surface area contributed by atoms with Crippen LogP contribution in [0, 0.1) is 20.8 Å². The highest BCUT2D eigenvalue weighted by Gasteiger charge is 2.45. The number of hydrogen-bond acceptors (Lipinski definition) is 3. The van der Waals surface area contributed by atoms with E-state index < -0.39 is 17.7 Å². The highest BCUT2D eigenvalue weighted by molar-refractivity contribution is 6.46. The van der Waals surface area contributed by atoms with E-state index in [1.807, 2.05) is 63.2 Å². The Labute approximate surface area is 172 Å². The Morgan fingerprint density at radius 3 is 2.41 bits per heavy atom. The van der Waals surface area contributed by atoms with E-state index in [4.69, 9.17) is 0 Å². The first-order chi connectivity index (χ1) is 13.8. The lowest BCUT2D eigenvalue weighted by Crippen LogP contribution is -2.30. The molecule has 152 valence electrons. The van der Waals surface area contributed by atoms with Gasteiger partial charge < -0.3 is 10.0 Å². The third kappa shape index (κ3) is 4.12. The van der Waals surface area contributed by atoms with Crippen molar-refractivity contribution in [2.24, 2.45) is 0 Å². The summed E-state index contributed by atoms with van der Waals surface area (Å²) in [6.07, 6.45) is 2.84. The van der Waals surface area contributed by atoms with Crippen molar-refractivity contribution in [1.29, 1.82) is 0 Å². The molecule has 1 aliphatic rings. The lowest BCUT2D eigenvalue weighted by atomic mass is 9.92. The molecule has 0 spiro atoms. The number of benzene rings is 2. The molecular formula is C25H29NO3. The van der Waals surface area contributed by atoms with Crippen LogP contribution in [0.3, 0.4) is 0 Å². The Balaban J connectivity index is 2.18. The first kappa shape index (κ1) is 20.8. The SMILES string of the molecule is CCCCCN1C(=O)C(=O)/C(=C(/O)c2cc(C)ccc2C)C1c1cccc(C)c1. The molecule has 4 heteroatoms. The number of carbonyl (C=O) groups excluding carboxylic acids is 2. The molecule has 1 fully saturated rings. The van der Waals surface area contributed by atoms with Crippen LogP contribution in [0.5, 0.6) is 0 Å². The molecule has 1 atom stereocenters. The van der Waals surface area contributed by atoms with Gasteiger partial charge in [0.15, 0.2) is 0 Å². The summed E-state index contributed by atoms with van der Waals surface area (Å²) in [5, 5.41) is 11.2. The molecule has 0 saturated carbocycles. The standard InChI is InChI=1S/C25H29NO3/c1-5-6-7-13-26-22(19-10-8-9-16(2)14-19)21(24(28)25(26)29)23(27)20-15-17(3)11-12-18(20)4/h8-12,14-15,22,27H,5-7,13H2,1-4H3/b23-21+. The second-order valence-electron chi connectivity index (χ2n) is 7.93. The van der Waals surface area contributed by atoms with Gasteiger partial charge in [-0.2, -0.15) is 0 Å². The van der Waals surface area contributed by atoms with E-state index in [-0.39, 0.29) is 11.3 Å². The molecule has 0 aliphatic carbocycles. The molecule has 0 bridgehead atoms. The molecule has 4 nitrogen and oxygen atoms in total. The number of likely N-dealkylation sites (tertiary alicyclic amines) is 1. The molecule has 2 aromatic rings. The van der Waals surface area contributed by atoms with Crippen LogP contribution in [0.1, 0.15) is 60.0 Å². The number of nitrogens with zero attached hydrogens (tertiary/aromatic N) is 1. The van der Waals surface area contributed by atoms with Gasteiger partial charge in [-0.1, -0.05) is 67.3 Å². The van der Waals surface area contributed by atoms with Crippen molar-refractivity contribution in [3.63, 3.8) is 0 Å². The maximum absolute atomic E-state index is 13.0. The Morgan fingerprint density at radius 1 is 1.00 bits per heavy atom. The second-order valence-corrected chi connectivity index (χ2v) is 7.93. The van der Waals surface area contributed by atoms with Crippen LogP contribution in [0.4, 0.5) is 0 Å². The van der Waals surface area contributed by atoms with Gasteiger partial charge >= 0.3 is 0 Å².